The van der Waals surface area contributed by atoms with Gasteiger partial charge >= 0.3 is 0 Å². The smallest absolute Gasteiger partial charge is 0.250 e. The average molecular weight is 260 g/mol. The van der Waals surface area contributed by atoms with Gasteiger partial charge in [0, 0.05) is 11.4 Å². The van der Waals surface area contributed by atoms with E-state index in [4.69, 9.17) is 15.9 Å². The van der Waals surface area contributed by atoms with Crippen molar-refractivity contribution in [3.63, 3.8) is 0 Å². The molecule has 1 aromatic heterocycles. The number of rotatable bonds is 4. The Balaban J connectivity index is 2.27. The second kappa shape index (κ2) is 5.01. The summed E-state index contributed by atoms with van der Waals surface area (Å²) in [4.78, 5) is 15.5. The van der Waals surface area contributed by atoms with Gasteiger partial charge in [-0.05, 0) is 32.0 Å². The molecule has 0 fully saturated rings. The largest absolute Gasteiger partial charge is 0.444 e. The number of oxazole rings is 1. The number of aromatic nitrogens is 1. The number of amides is 1. The fraction of sp³-hybridized carbons (Fsp3) is 0.231. The second-order valence-corrected chi connectivity index (χ2v) is 4.34. The van der Waals surface area contributed by atoms with E-state index in [-0.39, 0.29) is 6.04 Å². The number of primary amides is 1. The third-order valence-electron chi connectivity index (χ3n) is 2.69. The molecule has 1 amide bonds. The van der Waals surface area contributed by atoms with Crippen molar-refractivity contribution in [3.05, 3.63) is 41.6 Å². The number of nitrogens with zero attached hydrogens (tertiary/aromatic N) is 1. The van der Waals surface area contributed by atoms with Gasteiger partial charge in [0.25, 0.3) is 5.91 Å². The van der Waals surface area contributed by atoms with Crippen molar-refractivity contribution in [2.75, 3.05) is 11.1 Å². The zero-order chi connectivity index (χ0) is 14.0. The van der Waals surface area contributed by atoms with Crippen molar-refractivity contribution in [1.82, 2.24) is 4.98 Å². The fourth-order valence-electron chi connectivity index (χ4n) is 1.76. The lowest BCUT2D eigenvalue weighted by Crippen LogP contribution is -2.16. The zero-order valence-electron chi connectivity index (χ0n) is 10.8. The van der Waals surface area contributed by atoms with E-state index in [2.05, 4.69) is 10.3 Å². The monoisotopic (exact) mass is 260 g/mol. The van der Waals surface area contributed by atoms with Crippen LogP contribution < -0.4 is 16.8 Å². The molecular formula is C13H16N4O2. The number of hydrogen-bond acceptors (Lipinski definition) is 5. The van der Waals surface area contributed by atoms with Crippen LogP contribution in [0.3, 0.4) is 0 Å². The SMILES string of the molecule is Cc1cnc(C(C)Nc2cc(N)ccc2C(N)=O)o1. The van der Waals surface area contributed by atoms with E-state index in [9.17, 15) is 4.79 Å². The van der Waals surface area contributed by atoms with Crippen LogP contribution in [-0.2, 0) is 0 Å². The van der Waals surface area contributed by atoms with Gasteiger partial charge in [-0.3, -0.25) is 4.79 Å². The number of hydrogen-bond donors (Lipinski definition) is 3. The summed E-state index contributed by atoms with van der Waals surface area (Å²) >= 11 is 0. The first-order valence-electron chi connectivity index (χ1n) is 5.85. The third-order valence-corrected chi connectivity index (χ3v) is 2.69. The standard InChI is InChI=1S/C13H16N4O2/c1-7-6-16-13(19-7)8(2)17-11-5-9(14)3-4-10(11)12(15)18/h3-6,8,17H,14H2,1-2H3,(H2,15,18). The molecule has 0 radical (unpaired) electrons. The van der Waals surface area contributed by atoms with Gasteiger partial charge in [0.05, 0.1) is 11.8 Å². The van der Waals surface area contributed by atoms with Gasteiger partial charge in [0.1, 0.15) is 11.8 Å². The van der Waals surface area contributed by atoms with Crippen molar-refractivity contribution in [2.24, 2.45) is 5.73 Å². The predicted molar refractivity (Wildman–Crippen MR) is 72.7 cm³/mol. The van der Waals surface area contributed by atoms with Gasteiger partial charge in [-0.1, -0.05) is 0 Å². The molecule has 0 spiro atoms. The molecule has 0 bridgehead atoms. The molecule has 2 aromatic rings. The minimum absolute atomic E-state index is 0.200. The van der Waals surface area contributed by atoms with Crippen LogP contribution >= 0.6 is 0 Å². The topological polar surface area (TPSA) is 107 Å². The summed E-state index contributed by atoms with van der Waals surface area (Å²) in [5, 5.41) is 3.13. The highest BCUT2D eigenvalue weighted by molar-refractivity contribution is 5.99. The van der Waals surface area contributed by atoms with Gasteiger partial charge in [-0.25, -0.2) is 4.98 Å². The summed E-state index contributed by atoms with van der Waals surface area (Å²) in [6.45, 7) is 3.69. The molecule has 0 aliphatic rings. The Morgan fingerprint density at radius 3 is 2.79 bits per heavy atom. The molecule has 1 heterocycles. The number of benzene rings is 1. The molecule has 5 N–H and O–H groups in total. The molecular weight excluding hydrogens is 244 g/mol. The van der Waals surface area contributed by atoms with Crippen LogP contribution in [0.4, 0.5) is 11.4 Å². The first-order chi connectivity index (χ1) is 8.97. The maximum atomic E-state index is 11.4. The summed E-state index contributed by atoms with van der Waals surface area (Å²) in [7, 11) is 0. The Labute approximate surface area is 110 Å². The number of aryl methyl sites for hydroxylation is 1. The van der Waals surface area contributed by atoms with Crippen molar-refractivity contribution in [3.8, 4) is 0 Å². The number of anilines is 2. The summed E-state index contributed by atoms with van der Waals surface area (Å²) in [5.41, 5.74) is 12.5. The summed E-state index contributed by atoms with van der Waals surface area (Å²) in [6, 6.07) is 4.68. The Kier molecular flexibility index (Phi) is 3.41. The molecule has 6 heteroatoms. The third kappa shape index (κ3) is 2.85. The Bertz CT molecular complexity index is 606. The molecule has 1 atom stereocenters. The average Bonchev–Trinajstić information content (AvgIpc) is 2.75. The normalized spacial score (nSPS) is 12.1. The molecule has 1 aromatic carbocycles. The first kappa shape index (κ1) is 12.9. The van der Waals surface area contributed by atoms with Crippen LogP contribution in [0.15, 0.2) is 28.8 Å². The fourth-order valence-corrected chi connectivity index (χ4v) is 1.76. The Hall–Kier alpha value is -2.50. The van der Waals surface area contributed by atoms with Gasteiger partial charge in [-0.2, -0.15) is 0 Å². The molecule has 19 heavy (non-hydrogen) atoms. The Morgan fingerprint density at radius 1 is 1.47 bits per heavy atom. The highest BCUT2D eigenvalue weighted by atomic mass is 16.4. The number of carbonyl (C=O) groups excluding carboxylic acids is 1. The van der Waals surface area contributed by atoms with E-state index >= 15 is 0 Å². The first-order valence-corrected chi connectivity index (χ1v) is 5.85. The molecule has 0 aliphatic heterocycles. The van der Waals surface area contributed by atoms with Crippen LogP contribution in [0.5, 0.6) is 0 Å². The van der Waals surface area contributed by atoms with Gasteiger partial charge in [0.15, 0.2) is 0 Å². The minimum Gasteiger partial charge on any atom is -0.444 e. The van der Waals surface area contributed by atoms with E-state index in [0.717, 1.165) is 5.76 Å². The molecule has 2 rings (SSSR count). The van der Waals surface area contributed by atoms with Crippen LogP contribution in [-0.4, -0.2) is 10.9 Å². The maximum Gasteiger partial charge on any atom is 0.250 e. The van der Waals surface area contributed by atoms with E-state index in [1.807, 2.05) is 13.8 Å². The van der Waals surface area contributed by atoms with Crippen LogP contribution in [0.2, 0.25) is 0 Å². The highest BCUT2D eigenvalue weighted by Gasteiger charge is 2.15. The molecule has 100 valence electrons. The molecule has 0 saturated heterocycles. The van der Waals surface area contributed by atoms with E-state index in [1.165, 1.54) is 0 Å². The molecule has 0 aliphatic carbocycles. The number of carbonyl (C=O) groups is 1. The highest BCUT2D eigenvalue weighted by Crippen LogP contribution is 2.24. The second-order valence-electron chi connectivity index (χ2n) is 4.34. The summed E-state index contributed by atoms with van der Waals surface area (Å²) in [5.74, 6) is 0.750. The van der Waals surface area contributed by atoms with Crippen LogP contribution in [0.1, 0.15) is 35.0 Å². The van der Waals surface area contributed by atoms with Crippen molar-refractivity contribution in [2.45, 2.75) is 19.9 Å². The lowest BCUT2D eigenvalue weighted by Gasteiger charge is -2.15. The van der Waals surface area contributed by atoms with Crippen molar-refractivity contribution in [1.29, 1.82) is 0 Å². The van der Waals surface area contributed by atoms with Crippen LogP contribution in [0.25, 0.3) is 0 Å². The zero-order valence-corrected chi connectivity index (χ0v) is 10.8. The maximum absolute atomic E-state index is 11.4. The van der Waals surface area contributed by atoms with Gasteiger partial charge in [-0.15, -0.1) is 0 Å². The quantitative estimate of drug-likeness (QED) is 0.727. The number of nitrogen functional groups attached to an aromatic ring is 1. The van der Waals surface area contributed by atoms with E-state index in [0.29, 0.717) is 22.8 Å². The van der Waals surface area contributed by atoms with Crippen molar-refractivity contribution < 1.29 is 9.21 Å². The Morgan fingerprint density at radius 2 is 2.21 bits per heavy atom. The van der Waals surface area contributed by atoms with Gasteiger partial charge in [0.2, 0.25) is 5.89 Å². The molecule has 0 saturated carbocycles. The summed E-state index contributed by atoms with van der Waals surface area (Å²) < 4.78 is 5.43. The minimum atomic E-state index is -0.515. The number of nitrogens with one attached hydrogen (secondary N) is 1. The lowest BCUT2D eigenvalue weighted by molar-refractivity contribution is 0.100. The predicted octanol–water partition coefficient (Wildman–Crippen LogP) is 1.84. The summed E-state index contributed by atoms with van der Waals surface area (Å²) in [6.07, 6.45) is 1.64. The molecule has 6 nitrogen and oxygen atoms in total. The lowest BCUT2D eigenvalue weighted by atomic mass is 10.1. The number of nitrogens with two attached hydrogens (primary N) is 2. The van der Waals surface area contributed by atoms with Crippen molar-refractivity contribution >= 4 is 17.3 Å². The van der Waals surface area contributed by atoms with E-state index < -0.39 is 5.91 Å². The van der Waals surface area contributed by atoms with E-state index in [1.54, 1.807) is 24.4 Å². The van der Waals surface area contributed by atoms with Crippen LogP contribution in [0, 0.1) is 6.92 Å². The molecule has 1 unspecified atom stereocenters. The van der Waals surface area contributed by atoms with Gasteiger partial charge < -0.3 is 21.2 Å².